The highest BCUT2D eigenvalue weighted by molar-refractivity contribution is 5.89. The van der Waals surface area contributed by atoms with Crippen molar-refractivity contribution in [3.63, 3.8) is 0 Å². The van der Waals surface area contributed by atoms with E-state index in [9.17, 15) is 15.0 Å². The molecule has 1 heterocycles. The lowest BCUT2D eigenvalue weighted by Crippen LogP contribution is -2.48. The van der Waals surface area contributed by atoms with Crippen LogP contribution in [0.15, 0.2) is 24.3 Å². The van der Waals surface area contributed by atoms with Gasteiger partial charge in [-0.1, -0.05) is 39.3 Å². The maximum atomic E-state index is 12.2. The average molecular weight is 435 g/mol. The second-order valence-electron chi connectivity index (χ2n) is 9.76. The number of nitrogens with zero attached hydrogens (tertiary/aromatic N) is 1. The number of carbonyl (C=O) groups excluding carboxylic acids is 1. The number of aliphatic hydroxyl groups is 2. The molecule has 0 radical (unpaired) electrons. The first kappa shape index (κ1) is 23.9. The molecule has 0 spiro atoms. The molecule has 2 fully saturated rings. The number of rotatable bonds is 8. The van der Waals surface area contributed by atoms with Crippen LogP contribution >= 0.6 is 0 Å². The highest BCUT2D eigenvalue weighted by atomic mass is 16.6. The van der Waals surface area contributed by atoms with Crippen LogP contribution in [-0.2, 0) is 10.2 Å². The molecule has 1 aromatic carbocycles. The van der Waals surface area contributed by atoms with E-state index in [-0.39, 0.29) is 11.4 Å². The number of aliphatic hydroxyl groups excluding tert-OH is 2. The zero-order valence-corrected chi connectivity index (χ0v) is 18.9. The molecule has 0 bridgehead atoms. The van der Waals surface area contributed by atoms with E-state index >= 15 is 0 Å². The second-order valence-corrected chi connectivity index (χ2v) is 9.76. The highest BCUT2D eigenvalue weighted by Gasteiger charge is 2.42. The number of urea groups is 1. The van der Waals surface area contributed by atoms with Gasteiger partial charge in [0.25, 0.3) is 0 Å². The fourth-order valence-electron chi connectivity index (χ4n) is 4.05. The Morgan fingerprint density at radius 2 is 1.87 bits per heavy atom. The van der Waals surface area contributed by atoms with Crippen LogP contribution in [-0.4, -0.2) is 71.4 Å². The van der Waals surface area contributed by atoms with Crippen molar-refractivity contribution in [2.24, 2.45) is 5.73 Å². The standard InChI is InChI=1S/C23H38N4O4/c1-23(2,3)15-8-10-16(11-9-15)26-22(30)25-12-5-13-27(17-6-4-7-17)14-18-19(28)20(29)21(24)31-18/h8-11,17-21,28-29H,4-7,12-14,24H2,1-3H3,(H2,25,26,30)/t18-,19-,20-,21-/m1/s1. The topological polar surface area (TPSA) is 120 Å². The Morgan fingerprint density at radius 1 is 1.19 bits per heavy atom. The molecular formula is C23H38N4O4. The monoisotopic (exact) mass is 434 g/mol. The maximum absolute atomic E-state index is 12.2. The van der Waals surface area contributed by atoms with Crippen molar-refractivity contribution < 1.29 is 19.7 Å². The van der Waals surface area contributed by atoms with E-state index < -0.39 is 24.5 Å². The van der Waals surface area contributed by atoms with Crippen LogP contribution in [0.2, 0.25) is 0 Å². The van der Waals surface area contributed by atoms with Gasteiger partial charge in [-0.15, -0.1) is 0 Å². The number of benzene rings is 1. The van der Waals surface area contributed by atoms with Crippen LogP contribution in [0.4, 0.5) is 10.5 Å². The smallest absolute Gasteiger partial charge is 0.319 e. The van der Waals surface area contributed by atoms with Gasteiger partial charge < -0.3 is 31.3 Å². The summed E-state index contributed by atoms with van der Waals surface area (Å²) in [7, 11) is 0. The van der Waals surface area contributed by atoms with E-state index in [4.69, 9.17) is 10.5 Å². The number of nitrogens with one attached hydrogen (secondary N) is 2. The number of carbonyl (C=O) groups is 1. The summed E-state index contributed by atoms with van der Waals surface area (Å²) in [4.78, 5) is 14.5. The van der Waals surface area contributed by atoms with Gasteiger partial charge in [-0.25, -0.2) is 4.79 Å². The third kappa shape index (κ3) is 6.40. The van der Waals surface area contributed by atoms with Crippen LogP contribution in [0.25, 0.3) is 0 Å². The summed E-state index contributed by atoms with van der Waals surface area (Å²) in [6, 6.07) is 8.15. The van der Waals surface area contributed by atoms with Gasteiger partial charge in [0, 0.05) is 31.4 Å². The summed E-state index contributed by atoms with van der Waals surface area (Å²) in [5, 5.41) is 25.8. The molecule has 1 aromatic rings. The van der Waals surface area contributed by atoms with Gasteiger partial charge in [0.05, 0.1) is 0 Å². The first-order valence-electron chi connectivity index (χ1n) is 11.3. The first-order valence-corrected chi connectivity index (χ1v) is 11.3. The third-order valence-electron chi connectivity index (χ3n) is 6.32. The third-order valence-corrected chi connectivity index (χ3v) is 6.32. The lowest BCUT2D eigenvalue weighted by Gasteiger charge is -2.39. The molecular weight excluding hydrogens is 396 g/mol. The molecule has 1 aliphatic heterocycles. The van der Waals surface area contributed by atoms with Gasteiger partial charge >= 0.3 is 6.03 Å². The van der Waals surface area contributed by atoms with E-state index in [2.05, 4.69) is 36.3 Å². The molecule has 1 saturated carbocycles. The summed E-state index contributed by atoms with van der Waals surface area (Å²) in [6.07, 6.45) is 0.883. The maximum Gasteiger partial charge on any atom is 0.319 e. The van der Waals surface area contributed by atoms with E-state index in [0.29, 0.717) is 19.1 Å². The fraction of sp³-hybridized carbons (Fsp3) is 0.696. The zero-order chi connectivity index (χ0) is 22.6. The summed E-state index contributed by atoms with van der Waals surface area (Å²) in [5.74, 6) is 0. The van der Waals surface area contributed by atoms with Crippen molar-refractivity contribution >= 4 is 11.7 Å². The van der Waals surface area contributed by atoms with Gasteiger partial charge in [0.1, 0.15) is 24.5 Å². The van der Waals surface area contributed by atoms with Gasteiger partial charge in [-0.3, -0.25) is 4.90 Å². The van der Waals surface area contributed by atoms with Crippen LogP contribution < -0.4 is 16.4 Å². The fourth-order valence-corrected chi connectivity index (χ4v) is 4.05. The zero-order valence-electron chi connectivity index (χ0n) is 18.9. The Morgan fingerprint density at radius 3 is 2.39 bits per heavy atom. The van der Waals surface area contributed by atoms with E-state index in [1.54, 1.807) is 0 Å². The van der Waals surface area contributed by atoms with Crippen molar-refractivity contribution in [1.82, 2.24) is 10.2 Å². The Balaban J connectivity index is 1.41. The van der Waals surface area contributed by atoms with Gasteiger partial charge in [-0.2, -0.15) is 0 Å². The molecule has 2 aliphatic rings. The van der Waals surface area contributed by atoms with Crippen molar-refractivity contribution in [3.8, 4) is 0 Å². The molecule has 1 aliphatic carbocycles. The Hall–Kier alpha value is -1.71. The molecule has 2 amide bonds. The molecule has 0 unspecified atom stereocenters. The largest absolute Gasteiger partial charge is 0.387 e. The van der Waals surface area contributed by atoms with E-state index in [1.165, 1.54) is 12.0 Å². The predicted molar refractivity (Wildman–Crippen MR) is 121 cm³/mol. The number of hydrogen-bond donors (Lipinski definition) is 5. The number of hydrogen-bond acceptors (Lipinski definition) is 6. The van der Waals surface area contributed by atoms with Crippen molar-refractivity contribution in [2.45, 2.75) is 82.5 Å². The normalized spacial score (nSPS) is 26.7. The first-order chi connectivity index (χ1) is 14.6. The summed E-state index contributed by atoms with van der Waals surface area (Å²) in [5.41, 5.74) is 7.77. The minimum atomic E-state index is -1.05. The Bertz CT molecular complexity index is 717. The number of ether oxygens (including phenoxy) is 1. The molecule has 4 atom stereocenters. The molecule has 0 aromatic heterocycles. The average Bonchev–Trinajstić information content (AvgIpc) is 2.90. The predicted octanol–water partition coefficient (Wildman–Crippen LogP) is 1.76. The van der Waals surface area contributed by atoms with Crippen molar-refractivity contribution in [1.29, 1.82) is 0 Å². The van der Waals surface area contributed by atoms with Gasteiger partial charge in [0.15, 0.2) is 0 Å². The van der Waals surface area contributed by atoms with Crippen LogP contribution in [0, 0.1) is 0 Å². The molecule has 8 nitrogen and oxygen atoms in total. The number of anilines is 1. The molecule has 8 heteroatoms. The molecule has 1 saturated heterocycles. The summed E-state index contributed by atoms with van der Waals surface area (Å²) in [6.45, 7) is 8.33. The lowest BCUT2D eigenvalue weighted by atomic mass is 9.87. The minimum Gasteiger partial charge on any atom is -0.387 e. The lowest BCUT2D eigenvalue weighted by molar-refractivity contribution is -0.0244. The van der Waals surface area contributed by atoms with Crippen molar-refractivity contribution in [3.05, 3.63) is 29.8 Å². The summed E-state index contributed by atoms with van der Waals surface area (Å²) >= 11 is 0. The van der Waals surface area contributed by atoms with E-state index in [0.717, 1.165) is 31.5 Å². The summed E-state index contributed by atoms with van der Waals surface area (Å²) < 4.78 is 5.53. The van der Waals surface area contributed by atoms with Crippen LogP contribution in [0.1, 0.15) is 52.0 Å². The second kappa shape index (κ2) is 10.3. The molecule has 174 valence electrons. The molecule has 3 rings (SSSR count). The Labute approximate surface area is 185 Å². The molecule has 31 heavy (non-hydrogen) atoms. The number of nitrogens with two attached hydrogens (primary N) is 1. The SMILES string of the molecule is CC(C)(C)c1ccc(NC(=O)NCCCN(C[C@H]2O[C@@H](N)[C@H](O)[C@@H]2O)C2CCC2)cc1. The van der Waals surface area contributed by atoms with Gasteiger partial charge in [-0.05, 0) is 42.4 Å². The Kier molecular flexibility index (Phi) is 7.93. The van der Waals surface area contributed by atoms with Gasteiger partial charge in [0.2, 0.25) is 0 Å². The quantitative estimate of drug-likeness (QED) is 0.398. The highest BCUT2D eigenvalue weighted by Crippen LogP contribution is 2.28. The van der Waals surface area contributed by atoms with E-state index in [1.807, 2.05) is 24.3 Å². The molecule has 6 N–H and O–H groups in total. The van der Waals surface area contributed by atoms with Crippen LogP contribution in [0.5, 0.6) is 0 Å². The number of amides is 2. The minimum absolute atomic E-state index is 0.0792. The van der Waals surface area contributed by atoms with Crippen molar-refractivity contribution in [2.75, 3.05) is 25.0 Å². The van der Waals surface area contributed by atoms with Crippen LogP contribution in [0.3, 0.4) is 0 Å².